The van der Waals surface area contributed by atoms with E-state index < -0.39 is 0 Å². The molecule has 0 bridgehead atoms. The average molecular weight is 350 g/mol. The fourth-order valence-electron chi connectivity index (χ4n) is 5.03. The quantitative estimate of drug-likeness (QED) is 0.909. The number of rotatable bonds is 4. The zero-order valence-corrected chi connectivity index (χ0v) is 15.4. The summed E-state index contributed by atoms with van der Waals surface area (Å²) >= 11 is 1.71. The van der Waals surface area contributed by atoms with Crippen molar-refractivity contribution in [2.75, 3.05) is 20.2 Å². The first-order chi connectivity index (χ1) is 11.6. The summed E-state index contributed by atoms with van der Waals surface area (Å²) in [5.41, 5.74) is 0.226. The molecule has 0 unspecified atom stereocenters. The second-order valence-electron chi connectivity index (χ2n) is 7.65. The van der Waals surface area contributed by atoms with Crippen LogP contribution in [0.1, 0.15) is 42.0 Å². The number of thiazole rings is 1. The number of likely N-dealkylation sites (N-methyl/N-ethyl adjacent to an activating group) is 1. The summed E-state index contributed by atoms with van der Waals surface area (Å²) in [5, 5.41) is 4.46. The molecule has 132 valence electrons. The van der Waals surface area contributed by atoms with Gasteiger partial charge in [0.05, 0.1) is 11.1 Å². The van der Waals surface area contributed by atoms with Crippen molar-refractivity contribution in [2.45, 2.75) is 57.6 Å². The van der Waals surface area contributed by atoms with Gasteiger partial charge in [-0.1, -0.05) is 12.8 Å². The van der Waals surface area contributed by atoms with Crippen molar-refractivity contribution < 1.29 is 9.53 Å². The highest BCUT2D eigenvalue weighted by molar-refractivity contribution is 7.11. The Bertz CT molecular complexity index is 611. The summed E-state index contributed by atoms with van der Waals surface area (Å²) in [4.78, 5) is 20.1. The molecule has 1 aromatic heterocycles. The Hall–Kier alpha value is -1.14. The number of carbonyl (C=O) groups is 1. The number of amides is 2. The second-order valence-corrected chi connectivity index (χ2v) is 8.97. The third-order valence-corrected chi connectivity index (χ3v) is 7.21. The minimum Gasteiger partial charge on any atom is -0.377 e. The Morgan fingerprint density at radius 1 is 1.50 bits per heavy atom. The van der Waals surface area contributed by atoms with Gasteiger partial charge in [-0.15, -0.1) is 11.3 Å². The summed E-state index contributed by atoms with van der Waals surface area (Å²) in [6, 6.07) is 0.370. The molecule has 24 heavy (non-hydrogen) atoms. The van der Waals surface area contributed by atoms with E-state index >= 15 is 0 Å². The Morgan fingerprint density at radius 3 is 3.00 bits per heavy atom. The molecule has 0 aromatic carbocycles. The molecule has 1 aromatic rings. The fraction of sp³-hybridized carbons (Fsp3) is 0.778. The van der Waals surface area contributed by atoms with Crippen LogP contribution in [0.4, 0.5) is 4.79 Å². The van der Waals surface area contributed by atoms with Gasteiger partial charge in [0.15, 0.2) is 0 Å². The maximum Gasteiger partial charge on any atom is 0.317 e. The van der Waals surface area contributed by atoms with Gasteiger partial charge in [0.1, 0.15) is 0 Å². The van der Waals surface area contributed by atoms with Crippen molar-refractivity contribution in [2.24, 2.45) is 11.3 Å². The van der Waals surface area contributed by atoms with Gasteiger partial charge in [0, 0.05) is 55.1 Å². The predicted octanol–water partition coefficient (Wildman–Crippen LogP) is 2.98. The monoisotopic (exact) mass is 349 g/mol. The van der Waals surface area contributed by atoms with Crippen LogP contribution in [-0.2, 0) is 11.2 Å². The normalized spacial score (nSPS) is 30.2. The Labute approximate surface area is 147 Å². The van der Waals surface area contributed by atoms with Gasteiger partial charge >= 0.3 is 6.03 Å². The number of nitrogens with zero attached hydrogens (tertiary/aromatic N) is 2. The highest BCUT2D eigenvalue weighted by Gasteiger charge is 2.65. The highest BCUT2D eigenvalue weighted by Crippen LogP contribution is 2.60. The molecule has 0 radical (unpaired) electrons. The van der Waals surface area contributed by atoms with E-state index in [2.05, 4.69) is 17.2 Å². The van der Waals surface area contributed by atoms with E-state index in [0.717, 1.165) is 24.5 Å². The number of nitrogens with one attached hydrogen (secondary N) is 1. The van der Waals surface area contributed by atoms with E-state index in [0.29, 0.717) is 24.6 Å². The van der Waals surface area contributed by atoms with Gasteiger partial charge in [-0.25, -0.2) is 9.78 Å². The fourth-order valence-corrected chi connectivity index (χ4v) is 5.81. The lowest BCUT2D eigenvalue weighted by Gasteiger charge is -2.56. The minimum atomic E-state index is 0.0601. The summed E-state index contributed by atoms with van der Waals surface area (Å²) in [6.45, 7) is 3.64. The number of urea groups is 1. The molecule has 4 rings (SSSR count). The predicted molar refractivity (Wildman–Crippen MR) is 94.3 cm³/mol. The van der Waals surface area contributed by atoms with Crippen LogP contribution in [0.25, 0.3) is 0 Å². The first-order valence-corrected chi connectivity index (χ1v) is 9.96. The van der Waals surface area contributed by atoms with Gasteiger partial charge in [-0.05, 0) is 26.2 Å². The maximum absolute atomic E-state index is 12.7. The van der Waals surface area contributed by atoms with Crippen LogP contribution in [0.15, 0.2) is 6.20 Å². The number of hydrogen-bond donors (Lipinski definition) is 1. The molecule has 1 aliphatic heterocycles. The molecule has 2 saturated carbocycles. The standard InChI is InChI=1S/C18H27N3O2S/c1-12-11-19-14(24-12)5-9-21(2)17(22)20-15-13-6-10-23-16(13)18(15)7-3-4-8-18/h11,13,15-16H,3-10H2,1-2H3,(H,20,22)/t13-,15+,16+/m0/s1. The molecule has 3 fully saturated rings. The van der Waals surface area contributed by atoms with E-state index in [1.807, 2.05) is 18.1 Å². The zero-order chi connectivity index (χ0) is 16.7. The van der Waals surface area contributed by atoms with Crippen LogP contribution >= 0.6 is 11.3 Å². The van der Waals surface area contributed by atoms with Crippen molar-refractivity contribution in [1.29, 1.82) is 0 Å². The largest absolute Gasteiger partial charge is 0.377 e. The first-order valence-electron chi connectivity index (χ1n) is 9.15. The molecule has 1 spiro atoms. The molecule has 3 aliphatic rings. The number of aryl methyl sites for hydroxylation is 1. The van der Waals surface area contributed by atoms with Crippen molar-refractivity contribution in [3.05, 3.63) is 16.1 Å². The zero-order valence-electron chi connectivity index (χ0n) is 14.6. The Morgan fingerprint density at radius 2 is 2.29 bits per heavy atom. The molecule has 6 heteroatoms. The maximum atomic E-state index is 12.7. The van der Waals surface area contributed by atoms with Gasteiger partial charge in [-0.2, -0.15) is 0 Å². The second kappa shape index (κ2) is 6.30. The minimum absolute atomic E-state index is 0.0601. The van der Waals surface area contributed by atoms with Crippen LogP contribution in [-0.4, -0.2) is 48.3 Å². The molecule has 3 atom stereocenters. The summed E-state index contributed by atoms with van der Waals surface area (Å²) in [6.07, 6.45) is 9.19. The van der Waals surface area contributed by atoms with Crippen molar-refractivity contribution in [1.82, 2.24) is 15.2 Å². The van der Waals surface area contributed by atoms with Crippen LogP contribution in [0.5, 0.6) is 0 Å². The van der Waals surface area contributed by atoms with E-state index in [1.165, 1.54) is 30.6 Å². The lowest BCUT2D eigenvalue weighted by atomic mass is 9.54. The molecular weight excluding hydrogens is 322 g/mol. The molecule has 1 saturated heterocycles. The number of fused-ring (bicyclic) bond motifs is 2. The molecular formula is C18H27N3O2S. The highest BCUT2D eigenvalue weighted by atomic mass is 32.1. The molecule has 1 N–H and O–H groups in total. The van der Waals surface area contributed by atoms with Gasteiger partial charge in [0.2, 0.25) is 0 Å². The third kappa shape index (κ3) is 2.64. The third-order valence-electron chi connectivity index (χ3n) is 6.24. The first kappa shape index (κ1) is 16.3. The summed E-state index contributed by atoms with van der Waals surface area (Å²) in [5.74, 6) is 0.530. The SMILES string of the molecule is Cc1cnc(CCN(C)C(=O)N[C@@H]2[C@@H]3CCO[C@H]3C23CCCC3)s1. The van der Waals surface area contributed by atoms with Crippen LogP contribution in [0, 0.1) is 18.3 Å². The smallest absolute Gasteiger partial charge is 0.317 e. The van der Waals surface area contributed by atoms with Gasteiger partial charge < -0.3 is 15.0 Å². The molecule has 5 nitrogen and oxygen atoms in total. The van der Waals surface area contributed by atoms with Crippen molar-refractivity contribution in [3.8, 4) is 0 Å². The lowest BCUT2D eigenvalue weighted by Crippen LogP contribution is -2.69. The number of carbonyl (C=O) groups excluding carboxylic acids is 1. The van der Waals surface area contributed by atoms with E-state index in [4.69, 9.17) is 4.74 Å². The lowest BCUT2D eigenvalue weighted by molar-refractivity contribution is -0.126. The summed E-state index contributed by atoms with van der Waals surface area (Å²) < 4.78 is 6.00. The Balaban J connectivity index is 1.34. The number of ether oxygens (including phenoxy) is 1. The van der Waals surface area contributed by atoms with Gasteiger partial charge in [0.25, 0.3) is 0 Å². The van der Waals surface area contributed by atoms with Gasteiger partial charge in [-0.3, -0.25) is 0 Å². The Kier molecular flexibility index (Phi) is 4.29. The summed E-state index contributed by atoms with van der Waals surface area (Å²) in [7, 11) is 1.89. The van der Waals surface area contributed by atoms with E-state index in [1.54, 1.807) is 11.3 Å². The van der Waals surface area contributed by atoms with Crippen LogP contribution in [0.3, 0.4) is 0 Å². The van der Waals surface area contributed by atoms with Crippen molar-refractivity contribution in [3.63, 3.8) is 0 Å². The molecule has 2 heterocycles. The van der Waals surface area contributed by atoms with Crippen LogP contribution in [0.2, 0.25) is 0 Å². The van der Waals surface area contributed by atoms with E-state index in [9.17, 15) is 4.79 Å². The average Bonchev–Trinajstić information content (AvgIpc) is 3.29. The topological polar surface area (TPSA) is 54.5 Å². The number of hydrogen-bond acceptors (Lipinski definition) is 4. The van der Waals surface area contributed by atoms with Crippen LogP contribution < -0.4 is 5.32 Å². The number of aromatic nitrogens is 1. The van der Waals surface area contributed by atoms with E-state index in [-0.39, 0.29) is 11.4 Å². The van der Waals surface area contributed by atoms with Crippen molar-refractivity contribution >= 4 is 17.4 Å². The molecule has 2 amide bonds. The molecule has 2 aliphatic carbocycles.